The lowest BCUT2D eigenvalue weighted by Crippen LogP contribution is -2.34. The Bertz CT molecular complexity index is 1270. The molecule has 2 N–H and O–H groups in total. The molecule has 1 aliphatic rings. The maximum Gasteiger partial charge on any atom is 0.227 e. The second-order valence-electron chi connectivity index (χ2n) is 8.33. The van der Waals surface area contributed by atoms with Gasteiger partial charge < -0.3 is 10.6 Å². The summed E-state index contributed by atoms with van der Waals surface area (Å²) in [5.41, 5.74) is 5.47. The van der Waals surface area contributed by atoms with Crippen molar-refractivity contribution in [2.24, 2.45) is 13.0 Å². The van der Waals surface area contributed by atoms with Crippen molar-refractivity contribution in [3.63, 3.8) is 0 Å². The fraction of sp³-hybridized carbons (Fsp3) is 0.348. The average molecular weight is 431 g/mol. The molecule has 1 saturated heterocycles. The van der Waals surface area contributed by atoms with Gasteiger partial charge in [0.25, 0.3) is 0 Å². The molecule has 0 spiro atoms. The van der Waals surface area contributed by atoms with Crippen molar-refractivity contribution in [1.29, 1.82) is 0 Å². The number of fused-ring (bicyclic) bond motifs is 1. The van der Waals surface area contributed by atoms with E-state index in [2.05, 4.69) is 31.8 Å². The third-order valence-electron chi connectivity index (χ3n) is 5.91. The van der Waals surface area contributed by atoms with Gasteiger partial charge >= 0.3 is 0 Å². The Morgan fingerprint density at radius 1 is 1.22 bits per heavy atom. The molecular weight excluding hydrogens is 404 g/mol. The molecule has 5 rings (SSSR count). The number of aromatic nitrogens is 6. The van der Waals surface area contributed by atoms with E-state index in [0.717, 1.165) is 54.0 Å². The van der Waals surface area contributed by atoms with E-state index < -0.39 is 0 Å². The number of nitrogens with one attached hydrogen (secondary N) is 2. The lowest BCUT2D eigenvalue weighted by Gasteiger charge is -2.22. The van der Waals surface area contributed by atoms with Crippen LogP contribution in [0, 0.1) is 12.8 Å². The van der Waals surface area contributed by atoms with E-state index in [1.54, 1.807) is 27.8 Å². The van der Waals surface area contributed by atoms with Crippen LogP contribution in [0.1, 0.15) is 29.8 Å². The first-order chi connectivity index (χ1) is 15.6. The van der Waals surface area contributed by atoms with Gasteiger partial charge in [-0.1, -0.05) is 12.1 Å². The van der Waals surface area contributed by atoms with Crippen LogP contribution in [0.15, 0.2) is 43.0 Å². The van der Waals surface area contributed by atoms with Gasteiger partial charge in [-0.15, -0.1) is 0 Å². The van der Waals surface area contributed by atoms with Crippen molar-refractivity contribution < 1.29 is 4.79 Å². The zero-order chi connectivity index (χ0) is 22.1. The van der Waals surface area contributed by atoms with Gasteiger partial charge in [0.1, 0.15) is 0 Å². The fourth-order valence-corrected chi connectivity index (χ4v) is 4.16. The molecule has 32 heavy (non-hydrogen) atoms. The van der Waals surface area contributed by atoms with Crippen LogP contribution in [0.3, 0.4) is 0 Å². The summed E-state index contributed by atoms with van der Waals surface area (Å²) < 4.78 is 3.56. The summed E-state index contributed by atoms with van der Waals surface area (Å²) in [6, 6.07) is 6.09. The maximum absolute atomic E-state index is 12.6. The average Bonchev–Trinajstić information content (AvgIpc) is 3.41. The van der Waals surface area contributed by atoms with E-state index in [-0.39, 0.29) is 11.8 Å². The van der Waals surface area contributed by atoms with Crippen molar-refractivity contribution in [3.8, 4) is 11.3 Å². The number of carbonyl (C=O) groups excluding carboxylic acids is 1. The summed E-state index contributed by atoms with van der Waals surface area (Å²) in [6.45, 7) is 3.82. The molecule has 3 aromatic heterocycles. The maximum atomic E-state index is 12.6. The van der Waals surface area contributed by atoms with E-state index in [1.165, 1.54) is 0 Å². The van der Waals surface area contributed by atoms with Gasteiger partial charge in [-0.05, 0) is 50.0 Å². The van der Waals surface area contributed by atoms with Gasteiger partial charge in [-0.3, -0.25) is 14.5 Å². The van der Waals surface area contributed by atoms with E-state index in [4.69, 9.17) is 5.10 Å². The zero-order valence-electron chi connectivity index (χ0n) is 18.2. The Balaban J connectivity index is 1.34. The van der Waals surface area contributed by atoms with Crippen LogP contribution in [-0.4, -0.2) is 48.4 Å². The normalized spacial score (nSPS) is 14.7. The van der Waals surface area contributed by atoms with Crippen molar-refractivity contribution >= 4 is 17.2 Å². The smallest absolute Gasteiger partial charge is 0.227 e. The highest BCUT2D eigenvalue weighted by atomic mass is 16.1. The lowest BCUT2D eigenvalue weighted by atomic mass is 9.97. The van der Waals surface area contributed by atoms with Gasteiger partial charge in [0, 0.05) is 36.8 Å². The molecule has 4 aromatic rings. The Labute approximate surface area is 185 Å². The van der Waals surface area contributed by atoms with E-state index >= 15 is 0 Å². The summed E-state index contributed by atoms with van der Waals surface area (Å²) in [5.74, 6) is 0.911. The Morgan fingerprint density at radius 3 is 2.81 bits per heavy atom. The molecule has 0 aliphatic carbocycles. The number of rotatable bonds is 5. The molecule has 9 heteroatoms. The summed E-state index contributed by atoms with van der Waals surface area (Å²) in [7, 11) is 1.88. The van der Waals surface area contributed by atoms with Gasteiger partial charge in [-0.2, -0.15) is 10.2 Å². The van der Waals surface area contributed by atoms with E-state index in [9.17, 15) is 4.79 Å². The third kappa shape index (κ3) is 4.11. The van der Waals surface area contributed by atoms with Crippen LogP contribution in [0.25, 0.3) is 16.9 Å². The molecule has 1 aromatic carbocycles. The molecule has 0 unspecified atom stereocenters. The number of hydrogen-bond donors (Lipinski definition) is 2. The van der Waals surface area contributed by atoms with Crippen LogP contribution in [-0.2, 0) is 18.3 Å². The summed E-state index contributed by atoms with van der Waals surface area (Å²) in [4.78, 5) is 21.5. The van der Waals surface area contributed by atoms with Gasteiger partial charge in [0.15, 0.2) is 11.5 Å². The van der Waals surface area contributed by atoms with Crippen LogP contribution in [0.5, 0.6) is 0 Å². The number of amides is 1. The number of nitrogens with zero attached hydrogens (tertiary/aromatic N) is 6. The third-order valence-corrected chi connectivity index (χ3v) is 5.91. The highest BCUT2D eigenvalue weighted by molar-refractivity contribution is 5.93. The first kappa shape index (κ1) is 20.3. The Kier molecular flexibility index (Phi) is 5.40. The monoisotopic (exact) mass is 430 g/mol. The molecular formula is C23H26N8O. The molecule has 1 fully saturated rings. The van der Waals surface area contributed by atoms with Crippen molar-refractivity contribution in [1.82, 2.24) is 34.7 Å². The number of piperidine rings is 1. The molecule has 0 radical (unpaired) electrons. The predicted molar refractivity (Wildman–Crippen MR) is 121 cm³/mol. The Morgan fingerprint density at radius 2 is 2.06 bits per heavy atom. The summed E-state index contributed by atoms with van der Waals surface area (Å²) in [5, 5.41) is 15.3. The molecule has 0 atom stereocenters. The number of hydrogen-bond acceptors (Lipinski definition) is 6. The van der Waals surface area contributed by atoms with Crippen LogP contribution in [0.4, 0.5) is 5.69 Å². The first-order valence-corrected chi connectivity index (χ1v) is 10.9. The molecule has 0 bridgehead atoms. The molecule has 1 amide bonds. The summed E-state index contributed by atoms with van der Waals surface area (Å²) in [6.07, 6.45) is 9.57. The first-order valence-electron chi connectivity index (χ1n) is 10.9. The number of aryl methyl sites for hydroxylation is 2. The fourth-order valence-electron chi connectivity index (χ4n) is 4.16. The van der Waals surface area contributed by atoms with Crippen LogP contribution < -0.4 is 10.6 Å². The minimum atomic E-state index is 0.0834. The predicted octanol–water partition coefficient (Wildman–Crippen LogP) is 2.36. The van der Waals surface area contributed by atoms with Gasteiger partial charge in [0.2, 0.25) is 5.91 Å². The molecule has 164 valence electrons. The van der Waals surface area contributed by atoms with Crippen LogP contribution >= 0.6 is 0 Å². The minimum Gasteiger partial charge on any atom is -0.326 e. The molecule has 4 heterocycles. The summed E-state index contributed by atoms with van der Waals surface area (Å²) >= 11 is 0. The van der Waals surface area contributed by atoms with Crippen molar-refractivity contribution in [2.45, 2.75) is 26.2 Å². The minimum absolute atomic E-state index is 0.0834. The number of benzene rings is 1. The molecule has 9 nitrogen and oxygen atoms in total. The van der Waals surface area contributed by atoms with Crippen LogP contribution in [0.2, 0.25) is 0 Å². The highest BCUT2D eigenvalue weighted by Gasteiger charge is 2.21. The molecule has 1 aliphatic heterocycles. The second-order valence-corrected chi connectivity index (χ2v) is 8.33. The zero-order valence-corrected chi connectivity index (χ0v) is 18.2. The lowest BCUT2D eigenvalue weighted by molar-refractivity contribution is -0.120. The Hall–Kier alpha value is -3.59. The van der Waals surface area contributed by atoms with Crippen molar-refractivity contribution in [3.05, 3.63) is 59.9 Å². The highest BCUT2D eigenvalue weighted by Crippen LogP contribution is 2.22. The van der Waals surface area contributed by atoms with Gasteiger partial charge in [0.05, 0.1) is 24.3 Å². The number of carbonyl (C=O) groups is 1. The van der Waals surface area contributed by atoms with Gasteiger partial charge in [-0.25, -0.2) is 9.50 Å². The molecule has 0 saturated carbocycles. The largest absolute Gasteiger partial charge is 0.326 e. The quantitative estimate of drug-likeness (QED) is 0.504. The standard InChI is InChI=1S/C23H26N8O/c1-15-9-16(3-4-19(15)27-23(32)17-5-7-24-8-6-17)10-21-28-22-13-25-12-20(31(22)29-21)18-11-26-30(2)14-18/h3-4,9,11-14,17,24H,5-8,10H2,1-2H3,(H,27,32). The topological polar surface area (TPSA) is 102 Å². The van der Waals surface area contributed by atoms with E-state index in [1.807, 2.05) is 32.3 Å². The second kappa shape index (κ2) is 8.51. The number of anilines is 1. The SMILES string of the molecule is Cc1cc(Cc2nc3cncc(-c4cnn(C)c4)n3n2)ccc1NC(=O)C1CCNCC1. The van der Waals surface area contributed by atoms with E-state index in [0.29, 0.717) is 17.9 Å². The van der Waals surface area contributed by atoms with Crippen molar-refractivity contribution in [2.75, 3.05) is 18.4 Å².